The van der Waals surface area contributed by atoms with Gasteiger partial charge >= 0.3 is 0 Å². The summed E-state index contributed by atoms with van der Waals surface area (Å²) in [7, 11) is 3.22. The maximum absolute atomic E-state index is 12.9. The molecule has 0 radical (unpaired) electrons. The first-order valence-corrected chi connectivity index (χ1v) is 7.36. The molecule has 4 heteroatoms. The minimum absolute atomic E-state index is 0.0355. The van der Waals surface area contributed by atoms with E-state index in [2.05, 4.69) is 0 Å². The third-order valence-corrected chi connectivity index (χ3v) is 3.99. The van der Waals surface area contributed by atoms with E-state index in [1.165, 1.54) is 5.56 Å². The Morgan fingerprint density at radius 2 is 1.91 bits per heavy atom. The Hall–Kier alpha value is -2.49. The highest BCUT2D eigenvalue weighted by atomic mass is 16.5. The number of carbonyl (C=O) groups is 1. The summed E-state index contributed by atoms with van der Waals surface area (Å²) in [6.45, 7) is 0.705. The lowest BCUT2D eigenvalue weighted by molar-refractivity contribution is 0.0982. The Morgan fingerprint density at radius 3 is 2.68 bits per heavy atom. The number of rotatable bonds is 3. The van der Waals surface area contributed by atoms with Gasteiger partial charge in [0, 0.05) is 12.6 Å². The number of hydrogen-bond acceptors (Lipinski definition) is 3. The molecule has 1 heterocycles. The zero-order valence-corrected chi connectivity index (χ0v) is 12.8. The van der Waals surface area contributed by atoms with E-state index in [0.29, 0.717) is 17.9 Å². The van der Waals surface area contributed by atoms with E-state index in [1.807, 2.05) is 41.3 Å². The topological polar surface area (TPSA) is 38.8 Å². The number of para-hydroxylation sites is 1. The minimum Gasteiger partial charge on any atom is -0.497 e. The Labute approximate surface area is 130 Å². The largest absolute Gasteiger partial charge is 0.497 e. The number of methoxy groups -OCH3 is 2. The molecule has 0 fully saturated rings. The smallest absolute Gasteiger partial charge is 0.262 e. The molecule has 0 atom stereocenters. The van der Waals surface area contributed by atoms with E-state index in [1.54, 1.807) is 20.3 Å². The maximum Gasteiger partial charge on any atom is 0.262 e. The zero-order chi connectivity index (χ0) is 15.5. The molecule has 0 N–H and O–H groups in total. The van der Waals surface area contributed by atoms with Gasteiger partial charge in [0.1, 0.15) is 11.5 Å². The van der Waals surface area contributed by atoms with Gasteiger partial charge in [-0.15, -0.1) is 0 Å². The average Bonchev–Trinajstić information content (AvgIpc) is 2.60. The van der Waals surface area contributed by atoms with Crippen LogP contribution in [-0.4, -0.2) is 26.7 Å². The highest BCUT2D eigenvalue weighted by molar-refractivity contribution is 6.08. The maximum atomic E-state index is 12.9. The molecule has 0 spiro atoms. The third kappa shape index (κ3) is 2.52. The van der Waals surface area contributed by atoms with E-state index in [4.69, 9.17) is 9.47 Å². The fraction of sp³-hybridized carbons (Fsp3) is 0.278. The van der Waals surface area contributed by atoms with Gasteiger partial charge in [-0.25, -0.2) is 0 Å². The second-order valence-corrected chi connectivity index (χ2v) is 5.26. The lowest BCUT2D eigenvalue weighted by Crippen LogP contribution is -2.35. The van der Waals surface area contributed by atoms with E-state index >= 15 is 0 Å². The molecule has 0 aromatic heterocycles. The van der Waals surface area contributed by atoms with Crippen LogP contribution in [0.3, 0.4) is 0 Å². The van der Waals surface area contributed by atoms with Crippen molar-refractivity contribution < 1.29 is 14.3 Å². The number of ether oxygens (including phenoxy) is 2. The van der Waals surface area contributed by atoms with Gasteiger partial charge in [-0.1, -0.05) is 18.2 Å². The van der Waals surface area contributed by atoms with Gasteiger partial charge in [-0.2, -0.15) is 0 Å². The molecule has 0 bridgehead atoms. The molecular formula is C18H19NO3. The summed E-state index contributed by atoms with van der Waals surface area (Å²) < 4.78 is 10.6. The van der Waals surface area contributed by atoms with Crippen molar-refractivity contribution in [1.29, 1.82) is 0 Å². The second kappa shape index (κ2) is 6.10. The Kier molecular flexibility index (Phi) is 4.00. The molecular weight excluding hydrogens is 278 g/mol. The van der Waals surface area contributed by atoms with Gasteiger partial charge in [-0.05, 0) is 36.6 Å². The summed E-state index contributed by atoms with van der Waals surface area (Å²) in [6.07, 6.45) is 1.94. The predicted octanol–water partition coefficient (Wildman–Crippen LogP) is 3.30. The highest BCUT2D eigenvalue weighted by Crippen LogP contribution is 2.33. The van der Waals surface area contributed by atoms with Gasteiger partial charge in [0.2, 0.25) is 0 Å². The molecule has 1 aliphatic heterocycles. The number of hydrogen-bond donors (Lipinski definition) is 0. The van der Waals surface area contributed by atoms with Crippen molar-refractivity contribution in [1.82, 2.24) is 0 Å². The van der Waals surface area contributed by atoms with Crippen molar-refractivity contribution in [2.75, 3.05) is 25.7 Å². The van der Waals surface area contributed by atoms with E-state index < -0.39 is 0 Å². The van der Waals surface area contributed by atoms with Crippen LogP contribution in [0, 0.1) is 0 Å². The van der Waals surface area contributed by atoms with E-state index in [9.17, 15) is 4.79 Å². The summed E-state index contributed by atoms with van der Waals surface area (Å²) in [6, 6.07) is 13.2. The van der Waals surface area contributed by atoms with Crippen LogP contribution in [0.1, 0.15) is 22.3 Å². The number of benzene rings is 2. The number of amides is 1. The lowest BCUT2D eigenvalue weighted by Gasteiger charge is -2.30. The summed E-state index contributed by atoms with van der Waals surface area (Å²) in [5, 5.41) is 0. The van der Waals surface area contributed by atoms with Crippen LogP contribution in [0.15, 0.2) is 42.5 Å². The van der Waals surface area contributed by atoms with E-state index in [-0.39, 0.29) is 5.91 Å². The molecule has 1 amide bonds. The van der Waals surface area contributed by atoms with Crippen molar-refractivity contribution in [2.45, 2.75) is 12.8 Å². The summed E-state index contributed by atoms with van der Waals surface area (Å²) in [4.78, 5) is 14.8. The first kappa shape index (κ1) is 14.4. The van der Waals surface area contributed by atoms with Crippen molar-refractivity contribution in [3.63, 3.8) is 0 Å². The summed E-state index contributed by atoms with van der Waals surface area (Å²) >= 11 is 0. The minimum atomic E-state index is -0.0355. The number of fused-ring (bicyclic) bond motifs is 1. The molecule has 4 nitrogen and oxygen atoms in total. The molecule has 1 aliphatic rings. The van der Waals surface area contributed by atoms with Crippen molar-refractivity contribution in [3.05, 3.63) is 53.6 Å². The van der Waals surface area contributed by atoms with Crippen LogP contribution in [0.5, 0.6) is 11.5 Å². The van der Waals surface area contributed by atoms with Crippen molar-refractivity contribution in [2.24, 2.45) is 0 Å². The normalized spacial score (nSPS) is 13.5. The number of anilines is 1. The summed E-state index contributed by atoms with van der Waals surface area (Å²) in [5.74, 6) is 1.33. The zero-order valence-electron chi connectivity index (χ0n) is 12.8. The first-order valence-electron chi connectivity index (χ1n) is 7.36. The van der Waals surface area contributed by atoms with Gasteiger partial charge < -0.3 is 14.4 Å². The fourth-order valence-corrected chi connectivity index (χ4v) is 2.86. The van der Waals surface area contributed by atoms with Crippen LogP contribution in [0.4, 0.5) is 5.69 Å². The van der Waals surface area contributed by atoms with Crippen LogP contribution in [-0.2, 0) is 6.42 Å². The Bertz CT molecular complexity index is 696. The summed E-state index contributed by atoms with van der Waals surface area (Å²) in [5.41, 5.74) is 2.69. The monoisotopic (exact) mass is 297 g/mol. The van der Waals surface area contributed by atoms with Gasteiger partial charge in [0.25, 0.3) is 5.91 Å². The molecule has 3 rings (SSSR count). The third-order valence-electron chi connectivity index (χ3n) is 3.99. The fourth-order valence-electron chi connectivity index (χ4n) is 2.86. The van der Waals surface area contributed by atoms with E-state index in [0.717, 1.165) is 24.3 Å². The Balaban J connectivity index is 2.01. The lowest BCUT2D eigenvalue weighted by atomic mass is 10.00. The number of carbonyl (C=O) groups excluding carboxylic acids is 1. The van der Waals surface area contributed by atoms with Gasteiger partial charge in [0.15, 0.2) is 0 Å². The van der Waals surface area contributed by atoms with Crippen LogP contribution < -0.4 is 14.4 Å². The number of nitrogens with zero attached hydrogens (tertiary/aromatic N) is 1. The van der Waals surface area contributed by atoms with Crippen molar-refractivity contribution >= 4 is 11.6 Å². The second-order valence-electron chi connectivity index (χ2n) is 5.26. The SMILES string of the molecule is COc1ccc2c(c1)N(C(=O)c1ccccc1OC)CCC2. The van der Waals surface area contributed by atoms with Crippen LogP contribution >= 0.6 is 0 Å². The quantitative estimate of drug-likeness (QED) is 0.872. The molecule has 22 heavy (non-hydrogen) atoms. The Morgan fingerprint density at radius 1 is 1.09 bits per heavy atom. The molecule has 2 aromatic carbocycles. The molecule has 0 aliphatic carbocycles. The molecule has 2 aromatic rings. The predicted molar refractivity (Wildman–Crippen MR) is 86.0 cm³/mol. The number of aryl methyl sites for hydroxylation is 1. The van der Waals surface area contributed by atoms with Gasteiger partial charge in [0.05, 0.1) is 25.5 Å². The molecule has 0 unspecified atom stereocenters. The first-order chi connectivity index (χ1) is 10.7. The van der Waals surface area contributed by atoms with Gasteiger partial charge in [-0.3, -0.25) is 4.79 Å². The standard InChI is InChI=1S/C18H19NO3/c1-21-14-10-9-13-6-5-11-19(16(13)12-14)18(20)15-7-3-4-8-17(15)22-2/h3-4,7-10,12H,5-6,11H2,1-2H3. The molecule has 0 saturated heterocycles. The molecule has 114 valence electrons. The van der Waals surface area contributed by atoms with Crippen LogP contribution in [0.25, 0.3) is 0 Å². The van der Waals surface area contributed by atoms with Crippen molar-refractivity contribution in [3.8, 4) is 11.5 Å². The molecule has 0 saturated carbocycles. The highest BCUT2D eigenvalue weighted by Gasteiger charge is 2.25. The van der Waals surface area contributed by atoms with Crippen LogP contribution in [0.2, 0.25) is 0 Å². The average molecular weight is 297 g/mol.